The van der Waals surface area contributed by atoms with Crippen molar-refractivity contribution in [2.45, 2.75) is 68.9 Å². The zero-order valence-electron chi connectivity index (χ0n) is 24.2. The van der Waals surface area contributed by atoms with Gasteiger partial charge in [0, 0.05) is 44.1 Å². The van der Waals surface area contributed by atoms with Crippen LogP contribution in [0.15, 0.2) is 30.5 Å². The van der Waals surface area contributed by atoms with E-state index in [-0.39, 0.29) is 12.5 Å². The number of fused-ring (bicyclic) bond motifs is 1. The van der Waals surface area contributed by atoms with Crippen LogP contribution in [0.1, 0.15) is 42.1 Å². The van der Waals surface area contributed by atoms with Crippen molar-refractivity contribution < 1.29 is 49.0 Å². The second-order valence-corrected chi connectivity index (χ2v) is 11.0. The van der Waals surface area contributed by atoms with Crippen LogP contribution in [0.25, 0.3) is 0 Å². The zero-order valence-corrected chi connectivity index (χ0v) is 24.2. The average Bonchev–Trinajstić information content (AvgIpc) is 3.39. The minimum Gasteiger partial charge on any atom is -0.481 e. The predicted molar refractivity (Wildman–Crippen MR) is 152 cm³/mol. The Morgan fingerprint density at radius 2 is 1.95 bits per heavy atom. The summed E-state index contributed by atoms with van der Waals surface area (Å²) in [5.74, 6) is -1.27. The van der Waals surface area contributed by atoms with Crippen LogP contribution in [0.3, 0.4) is 0 Å². The van der Waals surface area contributed by atoms with Gasteiger partial charge in [-0.1, -0.05) is 12.1 Å². The minimum absolute atomic E-state index is 0.280. The number of rotatable bonds is 11. The topological polar surface area (TPSA) is 204 Å². The average molecular weight is 616 g/mol. The van der Waals surface area contributed by atoms with Gasteiger partial charge in [-0.15, -0.1) is 0 Å². The molecule has 2 aromatic rings. The molecule has 2 aromatic heterocycles. The molecule has 5 rings (SSSR count). The van der Waals surface area contributed by atoms with Gasteiger partial charge in [0.2, 0.25) is 12.2 Å². The number of anilines is 1. The first-order valence-corrected chi connectivity index (χ1v) is 14.6. The summed E-state index contributed by atoms with van der Waals surface area (Å²) >= 11 is 0. The number of nitrogens with zero attached hydrogens (tertiary/aromatic N) is 4. The van der Waals surface area contributed by atoms with Crippen molar-refractivity contribution in [1.82, 2.24) is 19.8 Å². The Morgan fingerprint density at radius 3 is 2.68 bits per heavy atom. The number of aliphatic carboxylic acids is 1. The van der Waals surface area contributed by atoms with Gasteiger partial charge in [-0.3, -0.25) is 4.79 Å². The molecule has 3 aliphatic heterocycles. The number of aromatic nitrogens is 2. The van der Waals surface area contributed by atoms with E-state index in [1.807, 2.05) is 6.07 Å². The number of aryl methyl sites for hydroxylation is 2. The molecule has 0 saturated carbocycles. The maximum Gasteiger partial charge on any atom is 0.335 e. The van der Waals surface area contributed by atoms with Gasteiger partial charge in [0.15, 0.2) is 6.10 Å². The number of carbonyl (C=O) groups excluding carboxylic acids is 2. The predicted octanol–water partition coefficient (Wildman–Crippen LogP) is 0.0803. The summed E-state index contributed by atoms with van der Waals surface area (Å²) in [6.07, 6.45) is -4.95. The number of nitrogens with one attached hydrogen (secondary N) is 1. The molecule has 0 bridgehead atoms. The lowest BCUT2D eigenvalue weighted by Crippen LogP contribution is -2.60. The van der Waals surface area contributed by atoms with Crippen LogP contribution in [0.5, 0.6) is 5.88 Å². The number of hydrogen-bond acceptors (Lipinski definition) is 12. The Labute approximate surface area is 253 Å². The number of carbonyl (C=O) groups is 3. The van der Waals surface area contributed by atoms with E-state index in [9.17, 15) is 34.8 Å². The highest BCUT2D eigenvalue weighted by molar-refractivity contribution is 5.79. The summed E-state index contributed by atoms with van der Waals surface area (Å²) < 4.78 is 15.4. The Hall–Kier alpha value is -4.05. The molecule has 2 fully saturated rings. The minimum atomic E-state index is -1.93. The highest BCUT2D eigenvalue weighted by Crippen LogP contribution is 2.31. The first kappa shape index (κ1) is 31.4. The van der Waals surface area contributed by atoms with Gasteiger partial charge in [-0.05, 0) is 42.9 Å². The molecule has 3 aliphatic rings. The molecule has 238 valence electrons. The maximum atomic E-state index is 13.5. The van der Waals surface area contributed by atoms with Gasteiger partial charge in [-0.25, -0.2) is 19.6 Å². The summed E-state index contributed by atoms with van der Waals surface area (Å²) in [5, 5.41) is 42.9. The second-order valence-electron chi connectivity index (χ2n) is 11.0. The number of pyridine rings is 2. The fourth-order valence-corrected chi connectivity index (χ4v) is 5.66. The number of amides is 2. The number of ether oxygens (including phenoxy) is 3. The van der Waals surface area contributed by atoms with Gasteiger partial charge in [0.1, 0.15) is 24.1 Å². The van der Waals surface area contributed by atoms with Crippen molar-refractivity contribution in [3.05, 3.63) is 47.3 Å². The monoisotopic (exact) mass is 615 g/mol. The fraction of sp³-hybridized carbons (Fsp3) is 0.552. The largest absolute Gasteiger partial charge is 0.481 e. The van der Waals surface area contributed by atoms with E-state index < -0.39 is 48.7 Å². The molecule has 5 N–H and O–H groups in total. The number of methoxy groups -OCH3 is 1. The third kappa shape index (κ3) is 6.85. The lowest BCUT2D eigenvalue weighted by molar-refractivity contribution is -0.286. The normalized spacial score (nSPS) is 25.6. The van der Waals surface area contributed by atoms with E-state index in [1.165, 1.54) is 23.8 Å². The van der Waals surface area contributed by atoms with Crippen LogP contribution < -0.4 is 10.1 Å². The Balaban J connectivity index is 1.24. The Morgan fingerprint density at radius 1 is 1.14 bits per heavy atom. The van der Waals surface area contributed by atoms with Crippen molar-refractivity contribution in [2.24, 2.45) is 0 Å². The molecule has 15 heteroatoms. The van der Waals surface area contributed by atoms with Crippen molar-refractivity contribution in [3.8, 4) is 5.88 Å². The number of esters is 1. The van der Waals surface area contributed by atoms with E-state index >= 15 is 0 Å². The standard InChI is InChI=1S/C29H37N5O10/c1-42-20-9-7-17(15-31-20)19(14-21(35)43-28-24(38)22(36)23(37)25(44-28)27(39)40)34-13-12-33(29(34)41)11-3-5-18-8-6-16-4-2-10-30-26(16)32-18/h6-9,15,19,22-25,28,36-38H,2-5,10-14H2,1H3,(H,30,32)(H,39,40). The summed E-state index contributed by atoms with van der Waals surface area (Å²) in [6, 6.07) is 6.28. The Bertz CT molecular complexity index is 1340. The number of carboxylic acid groups (broad SMARTS) is 1. The molecule has 2 amide bonds. The Kier molecular flexibility index (Phi) is 9.78. The molecule has 0 aliphatic carbocycles. The highest BCUT2D eigenvalue weighted by Gasteiger charge is 2.49. The van der Waals surface area contributed by atoms with E-state index in [0.29, 0.717) is 43.9 Å². The van der Waals surface area contributed by atoms with Gasteiger partial charge < -0.3 is 49.8 Å². The smallest absolute Gasteiger partial charge is 0.335 e. The summed E-state index contributed by atoms with van der Waals surface area (Å²) in [6.45, 7) is 2.14. The fourth-order valence-electron chi connectivity index (χ4n) is 5.66. The molecular weight excluding hydrogens is 578 g/mol. The van der Waals surface area contributed by atoms with Crippen LogP contribution in [0.2, 0.25) is 0 Å². The lowest BCUT2D eigenvalue weighted by atomic mass is 9.99. The van der Waals surface area contributed by atoms with E-state index in [1.54, 1.807) is 17.0 Å². The van der Waals surface area contributed by atoms with Crippen LogP contribution in [0.4, 0.5) is 10.6 Å². The van der Waals surface area contributed by atoms with Crippen molar-refractivity contribution in [2.75, 3.05) is 38.6 Å². The molecule has 15 nitrogen and oxygen atoms in total. The molecular formula is C29H37N5O10. The van der Waals surface area contributed by atoms with Gasteiger partial charge >= 0.3 is 18.0 Å². The summed E-state index contributed by atoms with van der Waals surface area (Å²) in [7, 11) is 1.46. The summed E-state index contributed by atoms with van der Waals surface area (Å²) in [4.78, 5) is 50.2. The van der Waals surface area contributed by atoms with Crippen LogP contribution >= 0.6 is 0 Å². The zero-order chi connectivity index (χ0) is 31.4. The van der Waals surface area contributed by atoms with Gasteiger partial charge in [0.25, 0.3) is 0 Å². The van der Waals surface area contributed by atoms with Crippen molar-refractivity contribution >= 4 is 23.8 Å². The number of carboxylic acids is 1. The number of hydrogen-bond donors (Lipinski definition) is 5. The third-order valence-electron chi connectivity index (χ3n) is 8.09. The molecule has 0 spiro atoms. The third-order valence-corrected chi connectivity index (χ3v) is 8.09. The van der Waals surface area contributed by atoms with Crippen LogP contribution in [0, 0.1) is 0 Å². The number of aliphatic hydroxyl groups excluding tert-OH is 3. The first-order chi connectivity index (χ1) is 21.2. The van der Waals surface area contributed by atoms with Gasteiger partial charge in [-0.2, -0.15) is 0 Å². The van der Waals surface area contributed by atoms with Crippen molar-refractivity contribution in [3.63, 3.8) is 0 Å². The molecule has 2 saturated heterocycles. The lowest BCUT2D eigenvalue weighted by Gasteiger charge is -2.38. The second kappa shape index (κ2) is 13.7. The molecule has 6 unspecified atom stereocenters. The maximum absolute atomic E-state index is 13.5. The first-order valence-electron chi connectivity index (χ1n) is 14.6. The highest BCUT2D eigenvalue weighted by atomic mass is 16.7. The van der Waals surface area contributed by atoms with E-state index in [2.05, 4.69) is 16.4 Å². The number of aliphatic hydroxyl groups is 3. The molecule has 0 radical (unpaired) electrons. The van der Waals surface area contributed by atoms with Crippen molar-refractivity contribution in [1.29, 1.82) is 0 Å². The van der Waals surface area contributed by atoms with E-state index in [0.717, 1.165) is 30.9 Å². The SMILES string of the molecule is COc1ccc(C(CC(=O)OC2OC(C(=O)O)C(O)C(O)C2O)N2CCN(CCCc3ccc4c(n3)NCCC4)C2=O)cn1. The molecule has 6 atom stereocenters. The summed E-state index contributed by atoms with van der Waals surface area (Å²) in [5.41, 5.74) is 2.68. The van der Waals surface area contributed by atoms with Gasteiger partial charge in [0.05, 0.1) is 19.6 Å². The van der Waals surface area contributed by atoms with E-state index in [4.69, 9.17) is 19.2 Å². The number of urea groups is 1. The van der Waals surface area contributed by atoms with Crippen LogP contribution in [-0.2, 0) is 31.9 Å². The molecule has 5 heterocycles. The quantitative estimate of drug-likeness (QED) is 0.213. The molecule has 0 aromatic carbocycles. The molecule has 44 heavy (non-hydrogen) atoms. The van der Waals surface area contributed by atoms with Crippen LogP contribution in [-0.4, -0.2) is 122 Å².